The van der Waals surface area contributed by atoms with Crippen LogP contribution in [0.1, 0.15) is 53.1 Å². The van der Waals surface area contributed by atoms with Crippen molar-refractivity contribution in [3.05, 3.63) is 70.9 Å². The first-order valence-electron chi connectivity index (χ1n) is 9.10. The molecule has 1 aromatic carbocycles. The molecule has 3 heterocycles. The van der Waals surface area contributed by atoms with Gasteiger partial charge in [-0.15, -0.1) is 0 Å². The van der Waals surface area contributed by atoms with Crippen LogP contribution in [0.2, 0.25) is 5.02 Å². The summed E-state index contributed by atoms with van der Waals surface area (Å²) in [7, 11) is 1.83. The molecule has 1 atom stereocenters. The molecule has 1 aliphatic heterocycles. The second-order valence-corrected chi connectivity index (χ2v) is 7.21. The predicted molar refractivity (Wildman–Crippen MR) is 102 cm³/mol. The Bertz CT molecular complexity index is 949. The molecule has 4 rings (SSSR count). The van der Waals surface area contributed by atoms with Gasteiger partial charge < -0.3 is 13.9 Å². The fraction of sp³-hybridized carbons (Fsp3) is 0.350. The number of aryl methyl sites for hydroxylation is 1. The Labute approximate surface area is 162 Å². The van der Waals surface area contributed by atoms with Gasteiger partial charge in [-0.3, -0.25) is 4.79 Å². The maximum atomic E-state index is 13.0. The van der Waals surface area contributed by atoms with Gasteiger partial charge in [0, 0.05) is 37.4 Å². The lowest BCUT2D eigenvalue weighted by Crippen LogP contribution is -2.39. The Kier molecular flexibility index (Phi) is 4.99. The summed E-state index contributed by atoms with van der Waals surface area (Å²) in [4.78, 5) is 23.5. The molecule has 1 unspecified atom stereocenters. The van der Waals surface area contributed by atoms with Gasteiger partial charge in [-0.25, -0.2) is 9.97 Å². The van der Waals surface area contributed by atoms with Gasteiger partial charge in [0.15, 0.2) is 5.82 Å². The Morgan fingerprint density at radius 2 is 2.15 bits per heavy atom. The van der Waals surface area contributed by atoms with E-state index in [0.717, 1.165) is 30.6 Å². The van der Waals surface area contributed by atoms with E-state index < -0.39 is 0 Å². The van der Waals surface area contributed by atoms with Crippen LogP contribution in [0.3, 0.4) is 0 Å². The average molecular weight is 385 g/mol. The largest absolute Gasteiger partial charge is 0.443 e. The van der Waals surface area contributed by atoms with Crippen LogP contribution in [0, 0.1) is 0 Å². The van der Waals surface area contributed by atoms with Crippen LogP contribution in [-0.4, -0.2) is 31.9 Å². The van der Waals surface area contributed by atoms with E-state index in [9.17, 15) is 4.79 Å². The Balaban J connectivity index is 1.56. The normalized spacial score (nSPS) is 17.3. The molecule has 27 heavy (non-hydrogen) atoms. The van der Waals surface area contributed by atoms with Crippen molar-refractivity contribution in [1.29, 1.82) is 0 Å². The van der Waals surface area contributed by atoms with Crippen LogP contribution in [-0.2, 0) is 13.5 Å². The lowest BCUT2D eigenvalue weighted by atomic mass is 10.0. The van der Waals surface area contributed by atoms with Crippen molar-refractivity contribution in [3.63, 3.8) is 0 Å². The highest BCUT2D eigenvalue weighted by Crippen LogP contribution is 2.32. The van der Waals surface area contributed by atoms with Crippen LogP contribution >= 0.6 is 11.6 Å². The molecule has 1 fully saturated rings. The number of imidazole rings is 1. The van der Waals surface area contributed by atoms with Gasteiger partial charge in [0.1, 0.15) is 11.8 Å². The van der Waals surface area contributed by atoms with Gasteiger partial charge in [0.25, 0.3) is 5.91 Å². The highest BCUT2D eigenvalue weighted by Gasteiger charge is 2.33. The van der Waals surface area contributed by atoms with E-state index in [1.165, 1.54) is 0 Å². The van der Waals surface area contributed by atoms with Gasteiger partial charge in [-0.1, -0.05) is 29.8 Å². The Morgan fingerprint density at radius 1 is 1.30 bits per heavy atom. The number of likely N-dealkylation sites (tertiary alicyclic amines) is 1. The van der Waals surface area contributed by atoms with E-state index in [1.807, 2.05) is 36.2 Å². The number of amides is 1. The van der Waals surface area contributed by atoms with Gasteiger partial charge in [0.2, 0.25) is 5.89 Å². The number of carbonyl (C=O) groups is 1. The van der Waals surface area contributed by atoms with Gasteiger partial charge in [-0.05, 0) is 30.9 Å². The van der Waals surface area contributed by atoms with Crippen molar-refractivity contribution in [2.45, 2.75) is 31.7 Å². The van der Waals surface area contributed by atoms with Crippen molar-refractivity contribution in [1.82, 2.24) is 19.4 Å². The number of carbonyl (C=O) groups excluding carboxylic acids is 1. The van der Waals surface area contributed by atoms with Crippen molar-refractivity contribution < 1.29 is 9.21 Å². The quantitative estimate of drug-likeness (QED) is 0.681. The minimum Gasteiger partial charge on any atom is -0.443 e. The number of hydrogen-bond acceptors (Lipinski definition) is 4. The first-order chi connectivity index (χ1) is 13.1. The minimum atomic E-state index is -0.164. The van der Waals surface area contributed by atoms with E-state index in [2.05, 4.69) is 9.97 Å². The molecule has 0 radical (unpaired) electrons. The van der Waals surface area contributed by atoms with Crippen LogP contribution in [0.4, 0.5) is 0 Å². The molecule has 3 aromatic rings. The molecule has 0 spiro atoms. The first-order valence-corrected chi connectivity index (χ1v) is 9.47. The van der Waals surface area contributed by atoms with Crippen molar-refractivity contribution in [2.75, 3.05) is 6.54 Å². The third-order valence-electron chi connectivity index (χ3n) is 4.96. The molecule has 6 nitrogen and oxygen atoms in total. The monoisotopic (exact) mass is 384 g/mol. The summed E-state index contributed by atoms with van der Waals surface area (Å²) in [5.41, 5.74) is 0.992. The number of oxazole rings is 1. The molecule has 2 aromatic heterocycles. The maximum Gasteiger partial charge on any atom is 0.290 e. The molecule has 1 saturated heterocycles. The van der Waals surface area contributed by atoms with Crippen LogP contribution < -0.4 is 0 Å². The number of benzene rings is 1. The topological polar surface area (TPSA) is 64.2 Å². The van der Waals surface area contributed by atoms with E-state index in [0.29, 0.717) is 29.7 Å². The summed E-state index contributed by atoms with van der Waals surface area (Å²) in [5.74, 6) is 1.68. The van der Waals surface area contributed by atoms with Gasteiger partial charge in [0.05, 0.1) is 6.20 Å². The fourth-order valence-electron chi connectivity index (χ4n) is 3.52. The number of piperidine rings is 1. The summed E-state index contributed by atoms with van der Waals surface area (Å²) in [6.07, 6.45) is 8.57. The van der Waals surface area contributed by atoms with Crippen LogP contribution in [0.15, 0.2) is 47.3 Å². The summed E-state index contributed by atoms with van der Waals surface area (Å²) >= 11 is 6.24. The third kappa shape index (κ3) is 3.62. The SMILES string of the molecule is Cn1ccnc1C(=O)N1CCCCC1c1ncc(Cc2ccccc2Cl)o1. The third-order valence-corrected chi connectivity index (χ3v) is 5.32. The molecular formula is C20H21ClN4O2. The second kappa shape index (κ2) is 7.56. The minimum absolute atomic E-state index is 0.0851. The molecule has 1 aliphatic rings. The molecule has 7 heteroatoms. The standard InChI is InChI=1S/C20H21ClN4O2/c1-24-11-9-22-18(24)20(26)25-10-5-4-8-17(25)19-23-13-15(27-19)12-14-6-2-3-7-16(14)21/h2-3,6-7,9,11,13,17H,4-5,8,10,12H2,1H3. The first kappa shape index (κ1) is 17.8. The van der Waals surface area contributed by atoms with Crippen molar-refractivity contribution in [2.24, 2.45) is 7.05 Å². The lowest BCUT2D eigenvalue weighted by Gasteiger charge is -2.33. The number of rotatable bonds is 4. The molecule has 0 saturated carbocycles. The smallest absolute Gasteiger partial charge is 0.290 e. The van der Waals surface area contributed by atoms with Crippen molar-refractivity contribution >= 4 is 17.5 Å². The Hall–Kier alpha value is -2.60. The summed E-state index contributed by atoms with van der Waals surface area (Å²) in [6.45, 7) is 0.679. The molecule has 0 aliphatic carbocycles. The molecule has 0 N–H and O–H groups in total. The second-order valence-electron chi connectivity index (χ2n) is 6.80. The number of hydrogen-bond donors (Lipinski definition) is 0. The van der Waals surface area contributed by atoms with E-state index in [4.69, 9.17) is 16.0 Å². The molecule has 0 bridgehead atoms. The number of halogens is 1. The maximum absolute atomic E-state index is 13.0. The zero-order valence-electron chi connectivity index (χ0n) is 15.1. The average Bonchev–Trinajstić information content (AvgIpc) is 3.32. The summed E-state index contributed by atoms with van der Waals surface area (Å²) in [6, 6.07) is 7.53. The van der Waals surface area contributed by atoms with E-state index in [-0.39, 0.29) is 11.9 Å². The highest BCUT2D eigenvalue weighted by atomic mass is 35.5. The summed E-state index contributed by atoms with van der Waals surface area (Å²) in [5, 5.41) is 0.708. The van der Waals surface area contributed by atoms with Crippen molar-refractivity contribution in [3.8, 4) is 0 Å². The molecular weight excluding hydrogens is 364 g/mol. The number of aromatic nitrogens is 3. The number of nitrogens with zero attached hydrogens (tertiary/aromatic N) is 4. The molecule has 140 valence electrons. The zero-order valence-corrected chi connectivity index (χ0v) is 15.9. The predicted octanol–water partition coefficient (Wildman–Crippen LogP) is 4.02. The fourth-order valence-corrected chi connectivity index (χ4v) is 3.72. The zero-order chi connectivity index (χ0) is 18.8. The lowest BCUT2D eigenvalue weighted by molar-refractivity contribution is 0.0554. The Morgan fingerprint density at radius 3 is 2.93 bits per heavy atom. The van der Waals surface area contributed by atoms with Gasteiger partial charge in [-0.2, -0.15) is 0 Å². The van der Waals surface area contributed by atoms with Crippen LogP contribution in [0.25, 0.3) is 0 Å². The van der Waals surface area contributed by atoms with Gasteiger partial charge >= 0.3 is 0 Å². The van der Waals surface area contributed by atoms with Crippen LogP contribution in [0.5, 0.6) is 0 Å². The molecule has 1 amide bonds. The highest BCUT2D eigenvalue weighted by molar-refractivity contribution is 6.31. The summed E-state index contributed by atoms with van der Waals surface area (Å²) < 4.78 is 7.76. The van der Waals surface area contributed by atoms with E-state index >= 15 is 0 Å². The van der Waals surface area contributed by atoms with E-state index in [1.54, 1.807) is 23.2 Å².